The van der Waals surface area contributed by atoms with Crippen molar-refractivity contribution in [1.82, 2.24) is 4.90 Å². The minimum absolute atomic E-state index is 0.110. The molecule has 0 aliphatic heterocycles. The number of carbonyl (C=O) groups excluding carboxylic acids is 1. The van der Waals surface area contributed by atoms with E-state index in [1.54, 1.807) is 24.1 Å². The summed E-state index contributed by atoms with van der Waals surface area (Å²) in [5, 5.41) is 1.05. The summed E-state index contributed by atoms with van der Waals surface area (Å²) in [7, 11) is 1.78. The molecule has 0 aliphatic rings. The zero-order chi connectivity index (χ0) is 12.1. The van der Waals surface area contributed by atoms with Crippen molar-refractivity contribution in [2.24, 2.45) is 0 Å². The monoisotopic (exact) mass is 277 g/mol. The molecular formula is C11H13Cl2NOS. The van der Waals surface area contributed by atoms with Crippen LogP contribution in [0.3, 0.4) is 0 Å². The number of thioether (sulfide) groups is 1. The number of hydrogen-bond donors (Lipinski definition) is 0. The lowest BCUT2D eigenvalue weighted by atomic mass is 10.2. The van der Waals surface area contributed by atoms with Gasteiger partial charge in [-0.3, -0.25) is 4.79 Å². The van der Waals surface area contributed by atoms with Gasteiger partial charge in [0, 0.05) is 13.6 Å². The van der Waals surface area contributed by atoms with Gasteiger partial charge < -0.3 is 4.90 Å². The maximum absolute atomic E-state index is 11.5. The first-order valence-corrected chi connectivity index (χ1v) is 6.86. The Morgan fingerprint density at radius 1 is 1.38 bits per heavy atom. The van der Waals surface area contributed by atoms with Gasteiger partial charge in [0.25, 0.3) is 0 Å². The van der Waals surface area contributed by atoms with E-state index in [4.69, 9.17) is 23.2 Å². The molecule has 0 unspecified atom stereocenters. The summed E-state index contributed by atoms with van der Waals surface area (Å²) in [5.74, 6) is 0.608. The molecule has 0 bridgehead atoms. The van der Waals surface area contributed by atoms with Gasteiger partial charge in [-0.25, -0.2) is 0 Å². The van der Waals surface area contributed by atoms with Crippen LogP contribution in [0.4, 0.5) is 0 Å². The number of halogens is 2. The summed E-state index contributed by atoms with van der Waals surface area (Å²) in [6.45, 7) is 0.552. The lowest BCUT2D eigenvalue weighted by Gasteiger charge is -2.16. The zero-order valence-electron chi connectivity index (χ0n) is 9.17. The molecule has 0 aromatic heterocycles. The molecule has 0 fully saturated rings. The van der Waals surface area contributed by atoms with Gasteiger partial charge >= 0.3 is 0 Å². The second-order valence-electron chi connectivity index (χ2n) is 3.43. The average molecular weight is 278 g/mol. The minimum Gasteiger partial charge on any atom is -0.341 e. The van der Waals surface area contributed by atoms with Crippen LogP contribution < -0.4 is 0 Å². The van der Waals surface area contributed by atoms with E-state index in [2.05, 4.69) is 0 Å². The molecule has 1 amide bonds. The molecule has 0 atom stereocenters. The van der Waals surface area contributed by atoms with Crippen LogP contribution in [0, 0.1) is 0 Å². The van der Waals surface area contributed by atoms with Gasteiger partial charge in [-0.05, 0) is 24.0 Å². The first-order chi connectivity index (χ1) is 7.54. The van der Waals surface area contributed by atoms with Gasteiger partial charge in [-0.1, -0.05) is 29.3 Å². The number of carbonyl (C=O) groups is 1. The highest BCUT2D eigenvalue weighted by atomic mass is 35.5. The molecule has 2 nitrogen and oxygen atoms in total. The lowest BCUT2D eigenvalue weighted by Crippen LogP contribution is -2.27. The third-order valence-corrected chi connectivity index (χ3v) is 3.37. The second-order valence-corrected chi connectivity index (χ2v) is 5.11. The van der Waals surface area contributed by atoms with Gasteiger partial charge in [0.2, 0.25) is 5.91 Å². The molecule has 1 aromatic carbocycles. The summed E-state index contributed by atoms with van der Waals surface area (Å²) >= 11 is 13.2. The van der Waals surface area contributed by atoms with E-state index >= 15 is 0 Å². The molecule has 0 saturated carbocycles. The molecule has 1 rings (SSSR count). The number of nitrogens with zero attached hydrogens (tertiary/aromatic N) is 1. The normalized spacial score (nSPS) is 10.2. The van der Waals surface area contributed by atoms with Crippen molar-refractivity contribution >= 4 is 40.9 Å². The van der Waals surface area contributed by atoms with Crippen LogP contribution in [0.15, 0.2) is 18.2 Å². The van der Waals surface area contributed by atoms with Gasteiger partial charge in [-0.2, -0.15) is 11.8 Å². The van der Waals surface area contributed by atoms with E-state index in [0.29, 0.717) is 22.3 Å². The van der Waals surface area contributed by atoms with Crippen LogP contribution in [0.1, 0.15) is 5.56 Å². The predicted octanol–water partition coefficient (Wildman–Crippen LogP) is 3.31. The van der Waals surface area contributed by atoms with E-state index in [9.17, 15) is 4.79 Å². The predicted molar refractivity (Wildman–Crippen MR) is 71.3 cm³/mol. The average Bonchev–Trinajstić information content (AvgIpc) is 2.24. The Morgan fingerprint density at radius 3 is 2.62 bits per heavy atom. The smallest absolute Gasteiger partial charge is 0.232 e. The highest BCUT2D eigenvalue weighted by molar-refractivity contribution is 7.99. The largest absolute Gasteiger partial charge is 0.341 e. The molecule has 5 heteroatoms. The van der Waals surface area contributed by atoms with Crippen molar-refractivity contribution in [2.75, 3.05) is 19.1 Å². The maximum Gasteiger partial charge on any atom is 0.232 e. The third-order valence-electron chi connectivity index (χ3n) is 2.10. The molecular weight excluding hydrogens is 265 g/mol. The first-order valence-electron chi connectivity index (χ1n) is 4.71. The van der Waals surface area contributed by atoms with Crippen molar-refractivity contribution in [1.29, 1.82) is 0 Å². The molecule has 0 aliphatic carbocycles. The number of rotatable bonds is 4. The van der Waals surface area contributed by atoms with Crippen molar-refractivity contribution < 1.29 is 4.79 Å². The number of amides is 1. The summed E-state index contributed by atoms with van der Waals surface area (Å²) in [4.78, 5) is 13.2. The summed E-state index contributed by atoms with van der Waals surface area (Å²) < 4.78 is 0. The van der Waals surface area contributed by atoms with Crippen LogP contribution in [-0.2, 0) is 11.3 Å². The fourth-order valence-electron chi connectivity index (χ4n) is 1.23. The maximum atomic E-state index is 11.5. The van der Waals surface area contributed by atoms with E-state index in [1.165, 1.54) is 11.8 Å². The van der Waals surface area contributed by atoms with Crippen molar-refractivity contribution in [2.45, 2.75) is 6.54 Å². The fourth-order valence-corrected chi connectivity index (χ4v) is 2.02. The molecule has 0 heterocycles. The Bertz CT molecular complexity index is 384. The van der Waals surface area contributed by atoms with E-state index in [-0.39, 0.29) is 5.91 Å². The molecule has 0 N–H and O–H groups in total. The lowest BCUT2D eigenvalue weighted by molar-refractivity contribution is -0.127. The van der Waals surface area contributed by atoms with Crippen LogP contribution >= 0.6 is 35.0 Å². The second kappa shape index (κ2) is 6.38. The molecule has 1 aromatic rings. The Hall–Kier alpha value is -0.380. The van der Waals surface area contributed by atoms with Crippen molar-refractivity contribution in [3.05, 3.63) is 33.8 Å². The topological polar surface area (TPSA) is 20.3 Å². The van der Waals surface area contributed by atoms with Gasteiger partial charge in [0.1, 0.15) is 0 Å². The van der Waals surface area contributed by atoms with E-state index in [1.807, 2.05) is 12.3 Å². The van der Waals surface area contributed by atoms with E-state index < -0.39 is 0 Å². The molecule has 16 heavy (non-hydrogen) atoms. The molecule has 0 radical (unpaired) electrons. The zero-order valence-corrected chi connectivity index (χ0v) is 11.5. The summed E-state index contributed by atoms with van der Waals surface area (Å²) in [6, 6.07) is 5.40. The third kappa shape index (κ3) is 3.89. The van der Waals surface area contributed by atoms with E-state index in [0.717, 1.165) is 5.56 Å². The number of benzene rings is 1. The summed E-state index contributed by atoms with van der Waals surface area (Å²) in [5.41, 5.74) is 0.978. The van der Waals surface area contributed by atoms with Gasteiger partial charge in [-0.15, -0.1) is 0 Å². The van der Waals surface area contributed by atoms with Crippen LogP contribution in [0.2, 0.25) is 10.0 Å². The summed E-state index contributed by atoms with van der Waals surface area (Å²) in [6.07, 6.45) is 1.91. The Morgan fingerprint density at radius 2 is 2.06 bits per heavy atom. The fraction of sp³-hybridized carbons (Fsp3) is 0.364. The SMILES string of the molecule is CSCC(=O)N(C)Cc1ccc(Cl)c(Cl)c1. The quantitative estimate of drug-likeness (QED) is 0.842. The first kappa shape index (κ1) is 13.7. The Kier molecular flexibility index (Phi) is 5.46. The number of hydrogen-bond acceptors (Lipinski definition) is 2. The van der Waals surface area contributed by atoms with Crippen LogP contribution in [0.25, 0.3) is 0 Å². The van der Waals surface area contributed by atoms with Crippen molar-refractivity contribution in [3.8, 4) is 0 Å². The minimum atomic E-state index is 0.110. The van der Waals surface area contributed by atoms with Gasteiger partial charge in [0.05, 0.1) is 15.8 Å². The Labute approximate surface area is 110 Å². The highest BCUT2D eigenvalue weighted by Gasteiger charge is 2.09. The highest BCUT2D eigenvalue weighted by Crippen LogP contribution is 2.23. The standard InChI is InChI=1S/C11H13Cl2NOS/c1-14(11(15)7-16-2)6-8-3-4-9(12)10(13)5-8/h3-5H,6-7H2,1-2H3. The van der Waals surface area contributed by atoms with Crippen LogP contribution in [0.5, 0.6) is 0 Å². The van der Waals surface area contributed by atoms with Crippen LogP contribution in [-0.4, -0.2) is 29.9 Å². The molecule has 0 spiro atoms. The molecule has 0 saturated heterocycles. The Balaban J connectivity index is 2.66. The molecule has 88 valence electrons. The van der Waals surface area contributed by atoms with Crippen molar-refractivity contribution in [3.63, 3.8) is 0 Å². The van der Waals surface area contributed by atoms with Gasteiger partial charge in [0.15, 0.2) is 0 Å².